The van der Waals surface area contributed by atoms with Gasteiger partial charge in [0.1, 0.15) is 5.75 Å². The molecule has 3 heterocycles. The van der Waals surface area contributed by atoms with Crippen LogP contribution in [-0.4, -0.2) is 48.0 Å². The molecule has 2 saturated heterocycles. The molecule has 0 saturated carbocycles. The van der Waals surface area contributed by atoms with Crippen molar-refractivity contribution < 1.29 is 4.74 Å². The van der Waals surface area contributed by atoms with E-state index in [4.69, 9.17) is 9.84 Å². The molecule has 2 aromatic carbocycles. The van der Waals surface area contributed by atoms with Crippen LogP contribution < -0.4 is 10.1 Å². The lowest BCUT2D eigenvalue weighted by atomic mass is 9.86. The molecule has 5 nitrogen and oxygen atoms in total. The van der Waals surface area contributed by atoms with Gasteiger partial charge in [0.25, 0.3) is 0 Å². The summed E-state index contributed by atoms with van der Waals surface area (Å²) in [6.07, 6.45) is 4.80. The third-order valence-corrected chi connectivity index (χ3v) is 6.42. The molecule has 2 aliphatic heterocycles. The number of likely N-dealkylation sites (tertiary alicyclic amines) is 1. The molecule has 6 heteroatoms. The number of ether oxygens (including phenoxy) is 1. The van der Waals surface area contributed by atoms with Crippen LogP contribution in [0.2, 0.25) is 0 Å². The summed E-state index contributed by atoms with van der Waals surface area (Å²) in [5.41, 5.74) is 5.04. The molecule has 158 valence electrons. The van der Waals surface area contributed by atoms with Crippen molar-refractivity contribution in [2.75, 3.05) is 33.3 Å². The molecule has 0 radical (unpaired) electrons. The van der Waals surface area contributed by atoms with Gasteiger partial charge in [0.2, 0.25) is 0 Å². The van der Waals surface area contributed by atoms with Gasteiger partial charge in [0.05, 0.1) is 18.5 Å². The number of nitrogens with zero attached hydrogens (tertiary/aromatic N) is 3. The zero-order valence-corrected chi connectivity index (χ0v) is 18.2. The molecule has 1 atom stereocenters. The smallest absolute Gasteiger partial charge is 0.118 e. The quantitative estimate of drug-likeness (QED) is 0.668. The van der Waals surface area contributed by atoms with Crippen molar-refractivity contribution in [2.45, 2.75) is 19.4 Å². The van der Waals surface area contributed by atoms with Crippen LogP contribution in [0.1, 0.15) is 18.4 Å². The van der Waals surface area contributed by atoms with Crippen molar-refractivity contribution >= 4 is 12.4 Å². The Hall–Kier alpha value is -2.34. The van der Waals surface area contributed by atoms with Gasteiger partial charge in [-0.3, -0.25) is 4.90 Å². The predicted molar refractivity (Wildman–Crippen MR) is 123 cm³/mol. The predicted octanol–water partition coefficient (Wildman–Crippen LogP) is 4.16. The summed E-state index contributed by atoms with van der Waals surface area (Å²) < 4.78 is 7.34. The van der Waals surface area contributed by atoms with E-state index in [-0.39, 0.29) is 12.4 Å². The van der Waals surface area contributed by atoms with Crippen LogP contribution in [0, 0.1) is 5.41 Å². The maximum Gasteiger partial charge on any atom is 0.118 e. The number of hydrogen-bond donors (Lipinski definition) is 1. The Morgan fingerprint density at radius 1 is 1.07 bits per heavy atom. The first-order chi connectivity index (χ1) is 14.2. The fraction of sp³-hybridized carbons (Fsp3) is 0.375. The molecule has 0 bridgehead atoms. The third-order valence-electron chi connectivity index (χ3n) is 6.42. The molecule has 2 aliphatic rings. The van der Waals surface area contributed by atoms with Crippen LogP contribution in [0.4, 0.5) is 0 Å². The second kappa shape index (κ2) is 8.80. The van der Waals surface area contributed by atoms with Crippen LogP contribution in [0.3, 0.4) is 0 Å². The summed E-state index contributed by atoms with van der Waals surface area (Å²) in [6, 6.07) is 18.6. The summed E-state index contributed by atoms with van der Waals surface area (Å²) in [5, 5.41) is 8.53. The van der Waals surface area contributed by atoms with Gasteiger partial charge in [-0.05, 0) is 67.7 Å². The molecule has 1 unspecified atom stereocenters. The Labute approximate surface area is 184 Å². The number of nitrogens with one attached hydrogen (secondary N) is 1. The van der Waals surface area contributed by atoms with Gasteiger partial charge in [-0.15, -0.1) is 12.4 Å². The fourth-order valence-corrected chi connectivity index (χ4v) is 4.78. The lowest BCUT2D eigenvalue weighted by Gasteiger charge is -2.22. The van der Waals surface area contributed by atoms with Gasteiger partial charge in [-0.25, -0.2) is 4.68 Å². The van der Waals surface area contributed by atoms with Gasteiger partial charge >= 0.3 is 0 Å². The van der Waals surface area contributed by atoms with E-state index in [0.717, 1.165) is 42.3 Å². The monoisotopic (exact) mass is 424 g/mol. The minimum Gasteiger partial charge on any atom is -0.497 e. The molecular weight excluding hydrogens is 396 g/mol. The van der Waals surface area contributed by atoms with Crippen molar-refractivity contribution in [3.05, 3.63) is 66.4 Å². The van der Waals surface area contributed by atoms with E-state index >= 15 is 0 Å². The highest BCUT2D eigenvalue weighted by Crippen LogP contribution is 2.37. The Morgan fingerprint density at radius 3 is 2.57 bits per heavy atom. The van der Waals surface area contributed by atoms with Crippen molar-refractivity contribution in [1.29, 1.82) is 0 Å². The zero-order valence-electron chi connectivity index (χ0n) is 17.4. The van der Waals surface area contributed by atoms with E-state index in [1.165, 1.54) is 31.5 Å². The highest BCUT2D eigenvalue weighted by molar-refractivity contribution is 5.85. The minimum absolute atomic E-state index is 0. The lowest BCUT2D eigenvalue weighted by Crippen LogP contribution is -2.29. The summed E-state index contributed by atoms with van der Waals surface area (Å²) in [7, 11) is 1.70. The molecule has 0 aliphatic carbocycles. The standard InChI is InChI=1S/C24H28N4O.ClH/c1-29-22-9-7-19(8-10-22)23-20(16-28(26-23)21-5-3-2-4-6-21)15-27-14-12-24(18-27)11-13-25-17-24;/h2-10,16,25H,11-15,17-18H2,1H3;1H. The first-order valence-corrected chi connectivity index (χ1v) is 10.5. The maximum atomic E-state index is 5.33. The van der Waals surface area contributed by atoms with E-state index in [0.29, 0.717) is 5.41 Å². The minimum atomic E-state index is 0. The second-order valence-electron chi connectivity index (χ2n) is 8.40. The number of aromatic nitrogens is 2. The molecule has 2 fully saturated rings. The highest BCUT2D eigenvalue weighted by Gasteiger charge is 2.40. The molecule has 0 amide bonds. The number of halogens is 1. The molecule has 1 N–H and O–H groups in total. The number of benzene rings is 2. The lowest BCUT2D eigenvalue weighted by molar-refractivity contribution is 0.269. The third kappa shape index (κ3) is 4.10. The van der Waals surface area contributed by atoms with Crippen LogP contribution in [-0.2, 0) is 6.54 Å². The Kier molecular flexibility index (Phi) is 6.14. The zero-order chi connectivity index (χ0) is 19.7. The van der Waals surface area contributed by atoms with Gasteiger partial charge in [0.15, 0.2) is 0 Å². The van der Waals surface area contributed by atoms with Crippen LogP contribution in [0.5, 0.6) is 5.75 Å². The Bertz CT molecular complexity index is 965. The van der Waals surface area contributed by atoms with E-state index < -0.39 is 0 Å². The molecular formula is C24H29ClN4O. The SMILES string of the molecule is COc1ccc(-c2nn(-c3ccccc3)cc2CN2CCC3(CCNC3)C2)cc1.Cl. The number of hydrogen-bond acceptors (Lipinski definition) is 4. The molecule has 1 aromatic heterocycles. The molecule has 5 rings (SSSR count). The normalized spacial score (nSPS) is 21.1. The van der Waals surface area contributed by atoms with Gasteiger partial charge < -0.3 is 10.1 Å². The maximum absolute atomic E-state index is 5.33. The second-order valence-corrected chi connectivity index (χ2v) is 8.40. The van der Waals surface area contributed by atoms with Crippen molar-refractivity contribution in [3.8, 4) is 22.7 Å². The Balaban J connectivity index is 0.00000218. The van der Waals surface area contributed by atoms with E-state index in [1.807, 2.05) is 22.9 Å². The van der Waals surface area contributed by atoms with Crippen molar-refractivity contribution in [2.24, 2.45) is 5.41 Å². The summed E-state index contributed by atoms with van der Waals surface area (Å²) in [4.78, 5) is 2.60. The number of rotatable bonds is 5. The van der Waals surface area contributed by atoms with Gasteiger partial charge in [-0.1, -0.05) is 18.2 Å². The summed E-state index contributed by atoms with van der Waals surface area (Å²) >= 11 is 0. The molecule has 3 aromatic rings. The van der Waals surface area contributed by atoms with Crippen LogP contribution in [0.15, 0.2) is 60.8 Å². The van der Waals surface area contributed by atoms with Crippen LogP contribution >= 0.6 is 12.4 Å². The van der Waals surface area contributed by atoms with Gasteiger partial charge in [-0.2, -0.15) is 5.10 Å². The molecule has 1 spiro atoms. The van der Waals surface area contributed by atoms with Crippen LogP contribution in [0.25, 0.3) is 16.9 Å². The first kappa shape index (κ1) is 20.9. The summed E-state index contributed by atoms with van der Waals surface area (Å²) in [5.74, 6) is 0.869. The largest absolute Gasteiger partial charge is 0.497 e. The number of para-hydroxylation sites is 1. The van der Waals surface area contributed by atoms with E-state index in [1.54, 1.807) is 7.11 Å². The summed E-state index contributed by atoms with van der Waals surface area (Å²) in [6.45, 7) is 5.61. The number of methoxy groups -OCH3 is 1. The van der Waals surface area contributed by atoms with Gasteiger partial charge in [0, 0.05) is 37.0 Å². The molecule has 30 heavy (non-hydrogen) atoms. The van der Waals surface area contributed by atoms with Crippen molar-refractivity contribution in [1.82, 2.24) is 20.0 Å². The first-order valence-electron chi connectivity index (χ1n) is 10.5. The average molecular weight is 425 g/mol. The Morgan fingerprint density at radius 2 is 1.87 bits per heavy atom. The van der Waals surface area contributed by atoms with E-state index in [9.17, 15) is 0 Å². The highest BCUT2D eigenvalue weighted by atomic mass is 35.5. The topological polar surface area (TPSA) is 42.3 Å². The fourth-order valence-electron chi connectivity index (χ4n) is 4.78. The average Bonchev–Trinajstić information content (AvgIpc) is 3.50. The van der Waals surface area contributed by atoms with Crippen molar-refractivity contribution in [3.63, 3.8) is 0 Å². The van der Waals surface area contributed by atoms with E-state index in [2.05, 4.69) is 52.8 Å².